The first-order valence-electron chi connectivity index (χ1n) is 23.1. The molecule has 0 heterocycles. The van der Waals surface area contributed by atoms with Crippen LogP contribution < -0.4 is 5.19 Å². The van der Waals surface area contributed by atoms with Crippen LogP contribution in [0.3, 0.4) is 0 Å². The summed E-state index contributed by atoms with van der Waals surface area (Å²) < 4.78 is 0. The minimum atomic E-state index is -3.48. The van der Waals surface area contributed by atoms with Crippen LogP contribution in [0.25, 0.3) is 44.5 Å². The van der Waals surface area contributed by atoms with Gasteiger partial charge in [-0.2, -0.15) is 0 Å². The van der Waals surface area contributed by atoms with Gasteiger partial charge in [0.15, 0.2) is 0 Å². The van der Waals surface area contributed by atoms with Gasteiger partial charge in [-0.25, -0.2) is 0 Å². The third-order valence-corrected chi connectivity index (χ3v) is 25.7. The molecule has 0 saturated carbocycles. The monoisotopic (exact) mass is 928 g/mol. The number of hydrogen-bond acceptors (Lipinski definition) is 4. The second kappa shape index (κ2) is 19.2. The first kappa shape index (κ1) is 48.7. The van der Waals surface area contributed by atoms with Gasteiger partial charge in [0.25, 0.3) is 0 Å². The van der Waals surface area contributed by atoms with Gasteiger partial charge in [0.1, 0.15) is 0 Å². The summed E-state index contributed by atoms with van der Waals surface area (Å²) in [5.41, 5.74) is 26.4. The Balaban J connectivity index is 1.65. The van der Waals surface area contributed by atoms with Crippen LogP contribution in [0, 0.1) is 55.4 Å². The lowest BCUT2D eigenvalue weighted by molar-refractivity contribution is 0.516. The predicted octanol–water partition coefficient (Wildman–Crippen LogP) is 17.0. The van der Waals surface area contributed by atoms with Crippen LogP contribution in [-0.2, 0) is 18.3 Å². The number of thiol groups is 1. The molecule has 1 unspecified atom stereocenters. The van der Waals surface area contributed by atoms with E-state index in [0.29, 0.717) is 12.8 Å². The Kier molecular flexibility index (Phi) is 14.4. The summed E-state index contributed by atoms with van der Waals surface area (Å²) in [6.07, 6.45) is 1.32. The number of aryl methyl sites for hydroxylation is 8. The summed E-state index contributed by atoms with van der Waals surface area (Å²) >= 11 is 4.83. The van der Waals surface area contributed by atoms with Gasteiger partial charge in [0.05, 0.1) is 0 Å². The third-order valence-electron chi connectivity index (χ3n) is 13.8. The fourth-order valence-electron chi connectivity index (χ4n) is 10.3. The summed E-state index contributed by atoms with van der Waals surface area (Å²) in [4.78, 5) is 14.0. The number of benzene rings is 7. The van der Waals surface area contributed by atoms with Crippen LogP contribution in [0.2, 0.25) is 5.04 Å². The Bertz CT molecular complexity index is 2520. The summed E-state index contributed by atoms with van der Waals surface area (Å²) in [5, 5.41) is 0.681. The molecule has 1 N–H and O–H groups in total. The van der Waals surface area contributed by atoms with Crippen molar-refractivity contribution in [1.29, 1.82) is 0 Å². The van der Waals surface area contributed by atoms with Crippen LogP contribution in [-0.4, -0.2) is 12.3 Å². The van der Waals surface area contributed by atoms with E-state index < -0.39 is 12.5 Å². The molecule has 0 aliphatic rings. The van der Waals surface area contributed by atoms with E-state index in [-0.39, 0.29) is 5.41 Å². The highest BCUT2D eigenvalue weighted by Crippen LogP contribution is 2.50. The zero-order valence-corrected chi connectivity index (χ0v) is 44.7. The smallest absolute Gasteiger partial charge is 0.301 e. The highest BCUT2D eigenvalue weighted by Gasteiger charge is 2.50. The first-order chi connectivity index (χ1) is 30.7. The molecular formula is C60H68OS3Si. The van der Waals surface area contributed by atoms with Crippen molar-refractivity contribution in [3.8, 4) is 44.5 Å². The topological polar surface area (TPSA) is 20.2 Å². The van der Waals surface area contributed by atoms with Crippen LogP contribution in [0.5, 0.6) is 0 Å². The van der Waals surface area contributed by atoms with Crippen molar-refractivity contribution in [1.82, 2.24) is 0 Å². The molecule has 0 aliphatic carbocycles. The summed E-state index contributed by atoms with van der Waals surface area (Å²) in [7, 11) is -0.469. The Hall–Kier alpha value is -4.23. The molecule has 7 aromatic rings. The number of rotatable bonds is 11. The van der Waals surface area contributed by atoms with E-state index in [4.69, 9.17) is 11.7 Å². The quantitative estimate of drug-likeness (QED) is 0.0766. The largest absolute Gasteiger partial charge is 0.419 e. The van der Waals surface area contributed by atoms with E-state index >= 15 is 0 Å². The van der Waals surface area contributed by atoms with E-state index in [9.17, 15) is 4.80 Å². The third kappa shape index (κ3) is 9.52. The molecule has 1 nitrogen and oxygen atoms in total. The maximum absolute atomic E-state index is 14.0. The summed E-state index contributed by atoms with van der Waals surface area (Å²) in [5.74, 6) is 0. The second-order valence-corrected chi connectivity index (χ2v) is 29.7. The molecule has 0 aromatic heterocycles. The molecule has 0 spiro atoms. The van der Waals surface area contributed by atoms with Gasteiger partial charge < -0.3 is 4.80 Å². The van der Waals surface area contributed by atoms with E-state index in [1.165, 1.54) is 127 Å². The Labute approximate surface area is 404 Å². The molecule has 336 valence electrons. The normalized spacial score (nSPS) is 13.0. The van der Waals surface area contributed by atoms with E-state index in [1.54, 1.807) is 10.2 Å². The van der Waals surface area contributed by atoms with Gasteiger partial charge in [-0.05, 0) is 211 Å². The average molecular weight is 929 g/mol. The number of hydrogen-bond donors (Lipinski definition) is 2. The highest BCUT2D eigenvalue weighted by molar-refractivity contribution is 9.11. The zero-order chi connectivity index (χ0) is 47.2. The van der Waals surface area contributed by atoms with Gasteiger partial charge >= 0.3 is 7.47 Å². The summed E-state index contributed by atoms with van der Waals surface area (Å²) in [6.45, 7) is 31.7. The molecule has 7 rings (SSSR count). The molecule has 65 heavy (non-hydrogen) atoms. The molecule has 5 heteroatoms. The average Bonchev–Trinajstić information content (AvgIpc) is 3.21. The lowest BCUT2D eigenvalue weighted by atomic mass is 9.79. The molecule has 0 bridgehead atoms. The van der Waals surface area contributed by atoms with Crippen LogP contribution in [0.1, 0.15) is 114 Å². The van der Waals surface area contributed by atoms with E-state index in [0.717, 1.165) is 5.19 Å². The van der Waals surface area contributed by atoms with E-state index in [1.807, 2.05) is 0 Å². The van der Waals surface area contributed by atoms with Crippen molar-refractivity contribution in [2.45, 2.75) is 120 Å². The van der Waals surface area contributed by atoms with Gasteiger partial charge in [-0.1, -0.05) is 173 Å². The van der Waals surface area contributed by atoms with Gasteiger partial charge in [0.2, 0.25) is 0 Å². The molecule has 1 atom stereocenters. The molecular weight excluding hydrogens is 861 g/mol. The van der Waals surface area contributed by atoms with Crippen molar-refractivity contribution < 1.29 is 4.80 Å². The molecule has 0 amide bonds. The van der Waals surface area contributed by atoms with Crippen LogP contribution in [0.15, 0.2) is 121 Å². The van der Waals surface area contributed by atoms with Crippen molar-refractivity contribution in [2.75, 3.05) is 0 Å². The van der Waals surface area contributed by atoms with Crippen molar-refractivity contribution >= 4 is 44.4 Å². The summed E-state index contributed by atoms with van der Waals surface area (Å²) in [6, 6.07) is 45.4. The van der Waals surface area contributed by atoms with Crippen LogP contribution >= 0.6 is 31.7 Å². The zero-order valence-electron chi connectivity index (χ0n) is 41.2. The minimum absolute atomic E-state index is 0.169. The Morgan fingerprint density at radius 3 is 0.938 bits per heavy atom. The molecule has 0 saturated heterocycles. The van der Waals surface area contributed by atoms with E-state index in [2.05, 4.69) is 218 Å². The lowest BCUT2D eigenvalue weighted by Crippen LogP contribution is -2.55. The van der Waals surface area contributed by atoms with Crippen molar-refractivity contribution in [2.24, 2.45) is 0 Å². The fraction of sp³-hybridized carbons (Fsp3) is 0.300. The van der Waals surface area contributed by atoms with Gasteiger partial charge in [0, 0.05) is 0 Å². The standard InChI is InChI=1S/C60H68OS3Si/c1-37-21-15-22-38(2)54(37)48-29-19-30-49(55-39(3)23-16-24-40(55)4)52(48)35-45-33-47(59(9,10)11)34-46(58(45)65(61,64-63-62)60(12,13)14)36-53-50(56-41(5)25-17-26-42(56)6)31-20-32-51(53)57-43(7)27-18-28-44(57)8/h15-34,61-62H,35-36H2,1-14H3. The Morgan fingerprint density at radius 1 is 0.446 bits per heavy atom. The minimum Gasteiger partial charge on any atom is -0.419 e. The first-order valence-corrected chi connectivity index (χ1v) is 28.9. The maximum atomic E-state index is 14.0. The molecule has 0 fully saturated rings. The fourth-order valence-corrected chi connectivity index (χ4v) is 21.7. The van der Waals surface area contributed by atoms with Crippen molar-refractivity contribution in [3.05, 3.63) is 194 Å². The maximum Gasteiger partial charge on any atom is 0.301 e. The van der Waals surface area contributed by atoms with Gasteiger partial charge in [-0.15, -0.1) is 11.7 Å². The highest BCUT2D eigenvalue weighted by atomic mass is 33.5. The molecule has 0 radical (unpaired) electrons. The predicted molar refractivity (Wildman–Crippen MR) is 295 cm³/mol. The second-order valence-electron chi connectivity index (χ2n) is 20.6. The molecule has 7 aromatic carbocycles. The van der Waals surface area contributed by atoms with Crippen molar-refractivity contribution in [3.63, 3.8) is 0 Å². The van der Waals surface area contributed by atoms with Gasteiger partial charge in [-0.3, -0.25) is 0 Å². The Morgan fingerprint density at radius 2 is 0.708 bits per heavy atom. The molecule has 0 aliphatic heterocycles. The van der Waals surface area contributed by atoms with Crippen LogP contribution in [0.4, 0.5) is 0 Å². The SMILES string of the molecule is Cc1cccc(C)c1-c1cccc(-c2c(C)cccc2C)c1Cc1cc(C(C)(C)C)cc(Cc2c(-c3c(C)cccc3C)cccc2-c2c(C)cccc2C)c1[Si](O)(SSS)C(C)(C)C. The lowest BCUT2D eigenvalue weighted by Gasteiger charge is -2.40.